The Balaban J connectivity index is 0.000000917. The summed E-state index contributed by atoms with van der Waals surface area (Å²) in [5.74, 6) is 0. The van der Waals surface area contributed by atoms with Crippen LogP contribution in [0, 0.1) is 0 Å². The van der Waals surface area contributed by atoms with Crippen LogP contribution in [0.4, 0.5) is 0 Å². The number of likely N-dealkylation sites (N-methyl/N-ethyl adjacent to an activating group) is 1. The van der Waals surface area contributed by atoms with Crippen molar-refractivity contribution in [3.05, 3.63) is 0 Å². The molecule has 0 amide bonds. The Bertz CT molecular complexity index is 197. The molecule has 17 heavy (non-hydrogen) atoms. The van der Waals surface area contributed by atoms with E-state index in [1.165, 1.54) is 58.3 Å². The van der Waals surface area contributed by atoms with Crippen LogP contribution < -0.4 is 5.73 Å². The molecule has 0 aromatic rings. The van der Waals surface area contributed by atoms with Crippen molar-refractivity contribution in [3.8, 4) is 0 Å². The predicted octanol–water partition coefficient (Wildman–Crippen LogP) is 2.17. The zero-order valence-electron chi connectivity index (χ0n) is 12.0. The van der Waals surface area contributed by atoms with Gasteiger partial charge in [-0.25, -0.2) is 0 Å². The maximum Gasteiger partial charge on any atom is 0.0332 e. The summed E-state index contributed by atoms with van der Waals surface area (Å²) in [6.45, 7) is 9.71. The smallest absolute Gasteiger partial charge is 0.0332 e. The van der Waals surface area contributed by atoms with E-state index >= 15 is 0 Å². The maximum absolute atomic E-state index is 6.05. The quantitative estimate of drug-likeness (QED) is 0.807. The van der Waals surface area contributed by atoms with Gasteiger partial charge in [-0.05, 0) is 19.9 Å². The molecule has 3 nitrogen and oxygen atoms in total. The lowest BCUT2D eigenvalue weighted by molar-refractivity contribution is 0.0194. The van der Waals surface area contributed by atoms with E-state index in [0.29, 0.717) is 5.54 Å². The van der Waals surface area contributed by atoms with E-state index < -0.39 is 0 Å². The van der Waals surface area contributed by atoms with Gasteiger partial charge >= 0.3 is 0 Å². The van der Waals surface area contributed by atoms with E-state index in [4.69, 9.17) is 5.73 Å². The molecule has 2 rings (SSSR count). The van der Waals surface area contributed by atoms with Crippen molar-refractivity contribution in [1.82, 2.24) is 9.80 Å². The fraction of sp³-hybridized carbons (Fsp3) is 1.00. The minimum absolute atomic E-state index is 0. The predicted molar refractivity (Wildman–Crippen MR) is 77.4 cm³/mol. The van der Waals surface area contributed by atoms with Gasteiger partial charge in [0.25, 0.3) is 0 Å². The number of hydrogen-bond donors (Lipinski definition) is 1. The van der Waals surface area contributed by atoms with Crippen LogP contribution in [0.2, 0.25) is 0 Å². The summed E-state index contributed by atoms with van der Waals surface area (Å²) in [6, 6.07) is 0. The summed E-state index contributed by atoms with van der Waals surface area (Å²) in [4.78, 5) is 5.09. The van der Waals surface area contributed by atoms with E-state index in [2.05, 4.69) is 16.8 Å². The van der Waals surface area contributed by atoms with E-state index in [1.54, 1.807) is 0 Å². The Hall–Kier alpha value is -0.120. The SMILES string of the molecule is CC.CN1CCN(C2(CN)CCCCC2)CC1.[HH]. The second-order valence-electron chi connectivity index (χ2n) is 5.28. The highest BCUT2D eigenvalue weighted by Gasteiger charge is 2.37. The van der Waals surface area contributed by atoms with Crippen molar-refractivity contribution in [2.45, 2.75) is 51.5 Å². The second-order valence-corrected chi connectivity index (χ2v) is 5.28. The van der Waals surface area contributed by atoms with Crippen molar-refractivity contribution >= 4 is 0 Å². The molecule has 0 atom stereocenters. The van der Waals surface area contributed by atoms with Crippen LogP contribution >= 0.6 is 0 Å². The molecule has 104 valence electrons. The molecule has 0 aromatic heterocycles. The molecular weight excluding hydrogens is 210 g/mol. The van der Waals surface area contributed by atoms with Gasteiger partial charge in [0.15, 0.2) is 0 Å². The first-order valence-electron chi connectivity index (χ1n) is 7.40. The monoisotopic (exact) mass is 243 g/mol. The summed E-state index contributed by atoms with van der Waals surface area (Å²) >= 11 is 0. The number of hydrogen-bond acceptors (Lipinski definition) is 3. The molecule has 1 aliphatic carbocycles. The van der Waals surface area contributed by atoms with E-state index in [0.717, 1.165) is 6.54 Å². The highest BCUT2D eigenvalue weighted by molar-refractivity contribution is 4.95. The summed E-state index contributed by atoms with van der Waals surface area (Å²) in [7, 11) is 2.22. The van der Waals surface area contributed by atoms with Crippen LogP contribution in [0.15, 0.2) is 0 Å². The number of piperazine rings is 1. The van der Waals surface area contributed by atoms with Gasteiger partial charge in [0.2, 0.25) is 0 Å². The molecule has 0 bridgehead atoms. The average molecular weight is 243 g/mol. The summed E-state index contributed by atoms with van der Waals surface area (Å²) in [5, 5.41) is 0. The van der Waals surface area contributed by atoms with E-state index in [1.807, 2.05) is 13.8 Å². The molecule has 0 aromatic carbocycles. The first-order valence-corrected chi connectivity index (χ1v) is 7.40. The van der Waals surface area contributed by atoms with Crippen molar-refractivity contribution < 1.29 is 1.43 Å². The van der Waals surface area contributed by atoms with Gasteiger partial charge in [0, 0.05) is 39.7 Å². The lowest BCUT2D eigenvalue weighted by Gasteiger charge is -2.49. The Morgan fingerprint density at radius 1 is 1.00 bits per heavy atom. The molecular formula is C14H33N3. The number of nitrogens with two attached hydrogens (primary N) is 1. The van der Waals surface area contributed by atoms with Gasteiger partial charge in [-0.3, -0.25) is 4.90 Å². The first-order chi connectivity index (χ1) is 8.27. The zero-order valence-corrected chi connectivity index (χ0v) is 12.0. The van der Waals surface area contributed by atoms with Crippen LogP contribution in [0.25, 0.3) is 0 Å². The average Bonchev–Trinajstić information content (AvgIpc) is 2.42. The lowest BCUT2D eigenvalue weighted by Crippen LogP contribution is -2.60. The minimum atomic E-state index is 0. The largest absolute Gasteiger partial charge is 0.329 e. The molecule has 1 heterocycles. The Morgan fingerprint density at radius 2 is 1.53 bits per heavy atom. The zero-order chi connectivity index (χ0) is 12.7. The van der Waals surface area contributed by atoms with E-state index in [9.17, 15) is 0 Å². The highest BCUT2D eigenvalue weighted by Crippen LogP contribution is 2.33. The molecule has 2 aliphatic rings. The van der Waals surface area contributed by atoms with Gasteiger partial charge in [-0.2, -0.15) is 0 Å². The molecule has 2 fully saturated rings. The highest BCUT2D eigenvalue weighted by atomic mass is 15.3. The standard InChI is InChI=1S/C12H25N3.C2H6.H2/c1-14-7-9-15(10-8-14)12(11-13)5-3-2-4-6-12;1-2;/h2-11,13H2,1H3;1-2H3;1H. The first kappa shape index (κ1) is 14.9. The van der Waals surface area contributed by atoms with Crippen molar-refractivity contribution in [2.24, 2.45) is 5.73 Å². The Morgan fingerprint density at radius 3 is 2.00 bits per heavy atom. The van der Waals surface area contributed by atoms with Gasteiger partial charge < -0.3 is 10.6 Å². The molecule has 3 heteroatoms. The van der Waals surface area contributed by atoms with Crippen LogP contribution in [0.5, 0.6) is 0 Å². The van der Waals surface area contributed by atoms with Crippen LogP contribution in [0.1, 0.15) is 47.4 Å². The van der Waals surface area contributed by atoms with Crippen molar-refractivity contribution in [2.75, 3.05) is 39.8 Å². The molecule has 1 saturated carbocycles. The third-order valence-corrected chi connectivity index (χ3v) is 4.34. The van der Waals surface area contributed by atoms with Crippen LogP contribution in [-0.4, -0.2) is 55.1 Å². The Labute approximate surface area is 109 Å². The Kier molecular flexibility index (Phi) is 6.45. The molecule has 1 aliphatic heterocycles. The van der Waals surface area contributed by atoms with Crippen LogP contribution in [-0.2, 0) is 0 Å². The van der Waals surface area contributed by atoms with E-state index in [-0.39, 0.29) is 1.43 Å². The molecule has 0 radical (unpaired) electrons. The summed E-state index contributed by atoms with van der Waals surface area (Å²) in [5.41, 5.74) is 6.41. The molecule has 0 spiro atoms. The fourth-order valence-electron chi connectivity index (χ4n) is 3.14. The van der Waals surface area contributed by atoms with Crippen molar-refractivity contribution in [1.29, 1.82) is 0 Å². The van der Waals surface area contributed by atoms with Gasteiger partial charge in [-0.1, -0.05) is 33.1 Å². The molecule has 2 N–H and O–H groups in total. The summed E-state index contributed by atoms with van der Waals surface area (Å²) in [6.07, 6.45) is 6.82. The summed E-state index contributed by atoms with van der Waals surface area (Å²) < 4.78 is 0. The molecule has 0 unspecified atom stereocenters. The normalized spacial score (nSPS) is 26.1. The van der Waals surface area contributed by atoms with Crippen molar-refractivity contribution in [3.63, 3.8) is 0 Å². The third-order valence-electron chi connectivity index (χ3n) is 4.34. The number of rotatable bonds is 2. The number of nitrogens with zero attached hydrogens (tertiary/aromatic N) is 2. The third kappa shape index (κ3) is 3.67. The van der Waals surface area contributed by atoms with Gasteiger partial charge in [-0.15, -0.1) is 0 Å². The van der Waals surface area contributed by atoms with Crippen LogP contribution in [0.3, 0.4) is 0 Å². The minimum Gasteiger partial charge on any atom is -0.329 e. The maximum atomic E-state index is 6.05. The van der Waals surface area contributed by atoms with Gasteiger partial charge in [0.05, 0.1) is 0 Å². The van der Waals surface area contributed by atoms with Gasteiger partial charge in [0.1, 0.15) is 0 Å². The second kappa shape index (κ2) is 7.34. The topological polar surface area (TPSA) is 32.5 Å². The lowest BCUT2D eigenvalue weighted by atomic mass is 9.80. The fourth-order valence-corrected chi connectivity index (χ4v) is 3.14. The molecule has 1 saturated heterocycles.